The number of rotatable bonds is 5. The van der Waals surface area contributed by atoms with Gasteiger partial charge in [0.1, 0.15) is 0 Å². The number of amides is 1. The number of carboxylic acid groups (broad SMARTS) is 1. The van der Waals surface area contributed by atoms with Crippen molar-refractivity contribution in [1.82, 2.24) is 4.90 Å². The number of thioether (sulfide) groups is 1. The summed E-state index contributed by atoms with van der Waals surface area (Å²) in [6.07, 6.45) is 1.45. The first kappa shape index (κ1) is 15.9. The molecule has 114 valence electrons. The van der Waals surface area contributed by atoms with Crippen LogP contribution in [0.1, 0.15) is 25.3 Å². The van der Waals surface area contributed by atoms with Gasteiger partial charge in [-0.1, -0.05) is 30.3 Å². The van der Waals surface area contributed by atoms with Gasteiger partial charge in [0.15, 0.2) is 0 Å². The van der Waals surface area contributed by atoms with Gasteiger partial charge in [-0.15, -0.1) is 11.8 Å². The van der Waals surface area contributed by atoms with Crippen LogP contribution in [-0.2, 0) is 15.3 Å². The van der Waals surface area contributed by atoms with Crippen molar-refractivity contribution in [3.63, 3.8) is 0 Å². The van der Waals surface area contributed by atoms with Gasteiger partial charge in [-0.05, 0) is 25.3 Å². The summed E-state index contributed by atoms with van der Waals surface area (Å²) in [4.78, 5) is 25.2. The molecule has 0 radical (unpaired) electrons. The lowest BCUT2D eigenvalue weighted by atomic mass is 9.98. The average Bonchev–Trinajstić information content (AvgIpc) is 2.53. The molecular formula is C16H21NO3S. The summed E-state index contributed by atoms with van der Waals surface area (Å²) in [5, 5.41) is 8.94. The molecule has 0 aromatic heterocycles. The number of hydrogen-bond acceptors (Lipinski definition) is 3. The van der Waals surface area contributed by atoms with Crippen molar-refractivity contribution in [1.29, 1.82) is 0 Å². The Morgan fingerprint density at radius 3 is 2.76 bits per heavy atom. The molecule has 2 unspecified atom stereocenters. The molecule has 1 aromatic rings. The van der Waals surface area contributed by atoms with Gasteiger partial charge in [-0.3, -0.25) is 9.59 Å². The van der Waals surface area contributed by atoms with Crippen molar-refractivity contribution >= 4 is 23.6 Å². The quantitative estimate of drug-likeness (QED) is 0.908. The van der Waals surface area contributed by atoms with Crippen LogP contribution in [0.25, 0.3) is 0 Å². The van der Waals surface area contributed by atoms with E-state index in [1.807, 2.05) is 37.3 Å². The molecule has 1 saturated heterocycles. The van der Waals surface area contributed by atoms with E-state index in [2.05, 4.69) is 0 Å². The summed E-state index contributed by atoms with van der Waals surface area (Å²) in [6, 6.07) is 10.1. The molecular weight excluding hydrogens is 286 g/mol. The number of piperidine rings is 1. The topological polar surface area (TPSA) is 57.6 Å². The Kier molecular flexibility index (Phi) is 5.67. The molecule has 2 atom stereocenters. The number of nitrogens with zero attached hydrogens (tertiary/aromatic N) is 1. The number of carbonyl (C=O) groups is 2. The number of likely N-dealkylation sites (tertiary alicyclic amines) is 1. The van der Waals surface area contributed by atoms with E-state index in [4.69, 9.17) is 5.11 Å². The average molecular weight is 307 g/mol. The first-order chi connectivity index (χ1) is 10.1. The minimum Gasteiger partial charge on any atom is -0.481 e. The molecule has 5 heteroatoms. The number of carboxylic acids is 1. The van der Waals surface area contributed by atoms with E-state index >= 15 is 0 Å². The molecule has 0 saturated carbocycles. The second kappa shape index (κ2) is 7.50. The van der Waals surface area contributed by atoms with E-state index < -0.39 is 11.9 Å². The van der Waals surface area contributed by atoms with Crippen LogP contribution >= 0.6 is 11.8 Å². The Bertz CT molecular complexity index is 492. The van der Waals surface area contributed by atoms with Gasteiger partial charge < -0.3 is 10.0 Å². The Morgan fingerprint density at radius 2 is 2.10 bits per heavy atom. The van der Waals surface area contributed by atoms with Gasteiger partial charge in [-0.25, -0.2) is 0 Å². The molecule has 0 aliphatic carbocycles. The highest BCUT2D eigenvalue weighted by atomic mass is 32.2. The van der Waals surface area contributed by atoms with Crippen molar-refractivity contribution in [3.05, 3.63) is 35.9 Å². The molecule has 0 bridgehead atoms. The maximum Gasteiger partial charge on any atom is 0.308 e. The van der Waals surface area contributed by atoms with Gasteiger partial charge in [0.05, 0.1) is 11.2 Å². The predicted molar refractivity (Wildman–Crippen MR) is 84.1 cm³/mol. The lowest BCUT2D eigenvalue weighted by Gasteiger charge is -2.32. The van der Waals surface area contributed by atoms with E-state index in [9.17, 15) is 9.59 Å². The number of benzene rings is 1. The monoisotopic (exact) mass is 307 g/mol. The minimum atomic E-state index is -0.794. The standard InChI is InChI=1S/C16H21NO3S/c1-12(21-11-13-6-3-2-4-7-13)15(18)17-9-5-8-14(10-17)16(19)20/h2-4,6-7,12,14H,5,8-11H2,1H3,(H,19,20). The predicted octanol–water partition coefficient (Wildman–Crippen LogP) is 2.63. The van der Waals surface area contributed by atoms with E-state index in [0.717, 1.165) is 12.2 Å². The van der Waals surface area contributed by atoms with Crippen LogP contribution in [0.5, 0.6) is 0 Å². The lowest BCUT2D eigenvalue weighted by Crippen LogP contribution is -2.45. The zero-order chi connectivity index (χ0) is 15.2. The fourth-order valence-electron chi connectivity index (χ4n) is 2.50. The van der Waals surface area contributed by atoms with Crippen LogP contribution in [0.15, 0.2) is 30.3 Å². The molecule has 0 spiro atoms. The lowest BCUT2D eigenvalue weighted by molar-refractivity contribution is -0.145. The summed E-state index contributed by atoms with van der Waals surface area (Å²) >= 11 is 1.60. The van der Waals surface area contributed by atoms with Crippen LogP contribution in [0.2, 0.25) is 0 Å². The van der Waals surface area contributed by atoms with Gasteiger partial charge in [0, 0.05) is 18.8 Å². The summed E-state index contributed by atoms with van der Waals surface area (Å²) in [6.45, 7) is 2.93. The zero-order valence-corrected chi connectivity index (χ0v) is 13.0. The Labute approximate surface area is 129 Å². The highest BCUT2D eigenvalue weighted by Gasteiger charge is 2.30. The third kappa shape index (κ3) is 4.49. The summed E-state index contributed by atoms with van der Waals surface area (Å²) in [5.41, 5.74) is 1.20. The largest absolute Gasteiger partial charge is 0.481 e. The Morgan fingerprint density at radius 1 is 1.38 bits per heavy atom. The van der Waals surface area contributed by atoms with Crippen LogP contribution in [0.3, 0.4) is 0 Å². The first-order valence-electron chi connectivity index (χ1n) is 7.25. The maximum atomic E-state index is 12.4. The van der Waals surface area contributed by atoms with Gasteiger partial charge in [-0.2, -0.15) is 0 Å². The third-order valence-corrected chi connectivity index (χ3v) is 4.97. The highest BCUT2D eigenvalue weighted by Crippen LogP contribution is 2.23. The molecule has 1 N–H and O–H groups in total. The molecule has 2 rings (SSSR count). The summed E-state index contributed by atoms with van der Waals surface area (Å²) in [5.74, 6) is -0.350. The number of hydrogen-bond donors (Lipinski definition) is 1. The molecule has 1 aliphatic heterocycles. The van der Waals surface area contributed by atoms with Crippen molar-refractivity contribution in [3.8, 4) is 0 Å². The molecule has 1 fully saturated rings. The molecule has 1 heterocycles. The minimum absolute atomic E-state index is 0.0573. The van der Waals surface area contributed by atoms with Crippen molar-refractivity contribution in [2.75, 3.05) is 13.1 Å². The molecule has 1 amide bonds. The SMILES string of the molecule is CC(SCc1ccccc1)C(=O)N1CCCC(C(=O)O)C1. The first-order valence-corrected chi connectivity index (χ1v) is 8.30. The van der Waals surface area contributed by atoms with E-state index in [0.29, 0.717) is 19.5 Å². The van der Waals surface area contributed by atoms with Crippen LogP contribution in [-0.4, -0.2) is 40.2 Å². The van der Waals surface area contributed by atoms with Crippen LogP contribution in [0, 0.1) is 5.92 Å². The van der Waals surface area contributed by atoms with E-state index in [1.54, 1.807) is 16.7 Å². The molecule has 1 aliphatic rings. The van der Waals surface area contributed by atoms with Crippen molar-refractivity contribution in [2.45, 2.75) is 30.8 Å². The second-order valence-electron chi connectivity index (χ2n) is 5.40. The molecule has 1 aromatic carbocycles. The smallest absolute Gasteiger partial charge is 0.308 e. The number of aliphatic carboxylic acids is 1. The fraction of sp³-hybridized carbons (Fsp3) is 0.500. The van der Waals surface area contributed by atoms with Gasteiger partial charge in [0.2, 0.25) is 5.91 Å². The van der Waals surface area contributed by atoms with Crippen LogP contribution in [0.4, 0.5) is 0 Å². The van der Waals surface area contributed by atoms with Crippen LogP contribution < -0.4 is 0 Å². The fourth-order valence-corrected chi connectivity index (χ4v) is 3.43. The van der Waals surface area contributed by atoms with Crippen molar-refractivity contribution < 1.29 is 14.7 Å². The van der Waals surface area contributed by atoms with E-state index in [1.165, 1.54) is 5.56 Å². The van der Waals surface area contributed by atoms with E-state index in [-0.39, 0.29) is 11.2 Å². The van der Waals surface area contributed by atoms with Gasteiger partial charge in [0.25, 0.3) is 0 Å². The molecule has 21 heavy (non-hydrogen) atoms. The molecule has 4 nitrogen and oxygen atoms in total. The highest BCUT2D eigenvalue weighted by molar-refractivity contribution is 7.99. The normalized spacial score (nSPS) is 20.0. The second-order valence-corrected chi connectivity index (χ2v) is 6.73. The summed E-state index contributed by atoms with van der Waals surface area (Å²) < 4.78 is 0. The Balaban J connectivity index is 1.85. The van der Waals surface area contributed by atoms with Gasteiger partial charge >= 0.3 is 5.97 Å². The maximum absolute atomic E-state index is 12.4. The third-order valence-electron chi connectivity index (χ3n) is 3.77. The zero-order valence-electron chi connectivity index (χ0n) is 12.2. The summed E-state index contributed by atoms with van der Waals surface area (Å²) in [7, 11) is 0. The van der Waals surface area contributed by atoms with Crippen molar-refractivity contribution in [2.24, 2.45) is 5.92 Å². The number of carbonyl (C=O) groups excluding carboxylic acids is 1. The Hall–Kier alpha value is -1.49.